The van der Waals surface area contributed by atoms with Gasteiger partial charge in [0, 0.05) is 46.1 Å². The maximum Gasteiger partial charge on any atom is 0.252 e. The number of carbonyl (C=O) groups excluding carboxylic acids is 1. The Morgan fingerprint density at radius 2 is 1.93 bits per heavy atom. The van der Waals surface area contributed by atoms with Crippen molar-refractivity contribution in [2.24, 2.45) is 4.99 Å². The van der Waals surface area contributed by atoms with E-state index in [1.165, 1.54) is 6.20 Å². The number of carbonyl (C=O) groups is 1. The Balaban J connectivity index is 0.00000364. The lowest BCUT2D eigenvalue weighted by Gasteiger charge is -2.22. The highest BCUT2D eigenvalue weighted by atomic mass is 127. The smallest absolute Gasteiger partial charge is 0.252 e. The van der Waals surface area contributed by atoms with Gasteiger partial charge in [0.15, 0.2) is 5.96 Å². The molecule has 27 heavy (non-hydrogen) atoms. The molecule has 1 aromatic heterocycles. The largest absolute Gasteiger partial charge is 0.354 e. The molecule has 0 spiro atoms. The van der Waals surface area contributed by atoms with Crippen LogP contribution in [0.3, 0.4) is 0 Å². The first-order valence-electron chi connectivity index (χ1n) is 8.05. The van der Waals surface area contributed by atoms with E-state index in [-0.39, 0.29) is 29.9 Å². The average Bonchev–Trinajstić information content (AvgIpc) is 2.65. The van der Waals surface area contributed by atoms with E-state index in [1.54, 1.807) is 31.4 Å². The predicted molar refractivity (Wildman–Crippen MR) is 121 cm³/mol. The number of amides is 1. The van der Waals surface area contributed by atoms with Gasteiger partial charge in [-0.3, -0.25) is 14.8 Å². The summed E-state index contributed by atoms with van der Waals surface area (Å²) in [5.74, 6) is 0.561. The SMILES string of the molecule is CN=C(NCCNC(=O)c1cccnc1)N(C)Cc1ccc(Cl)c(Cl)c1.I. The number of nitrogens with one attached hydrogen (secondary N) is 2. The molecule has 0 unspecified atom stereocenters. The Morgan fingerprint density at radius 1 is 1.19 bits per heavy atom. The van der Waals surface area contributed by atoms with E-state index in [0.717, 1.165) is 5.56 Å². The molecule has 6 nitrogen and oxygen atoms in total. The summed E-state index contributed by atoms with van der Waals surface area (Å²) in [6.45, 7) is 1.64. The molecule has 0 bridgehead atoms. The van der Waals surface area contributed by atoms with Crippen molar-refractivity contribution >= 4 is 59.0 Å². The van der Waals surface area contributed by atoms with Crippen molar-refractivity contribution in [2.75, 3.05) is 27.2 Å². The van der Waals surface area contributed by atoms with Gasteiger partial charge >= 0.3 is 0 Å². The Labute approximate surface area is 186 Å². The lowest BCUT2D eigenvalue weighted by Crippen LogP contribution is -2.42. The summed E-state index contributed by atoms with van der Waals surface area (Å²) in [6.07, 6.45) is 3.17. The second kappa shape index (κ2) is 12.0. The van der Waals surface area contributed by atoms with E-state index in [2.05, 4.69) is 20.6 Å². The molecule has 2 rings (SSSR count). The fraction of sp³-hybridized carbons (Fsp3) is 0.278. The minimum absolute atomic E-state index is 0. The normalized spacial score (nSPS) is 10.7. The van der Waals surface area contributed by atoms with E-state index in [0.29, 0.717) is 41.2 Å². The Hall–Kier alpha value is -1.58. The first kappa shape index (κ1) is 23.5. The number of nitrogens with zero attached hydrogens (tertiary/aromatic N) is 3. The number of aromatic nitrogens is 1. The van der Waals surface area contributed by atoms with Gasteiger partial charge in [0.25, 0.3) is 5.91 Å². The molecule has 9 heteroatoms. The molecule has 1 aromatic carbocycles. The highest BCUT2D eigenvalue weighted by molar-refractivity contribution is 14.0. The number of hydrogen-bond acceptors (Lipinski definition) is 3. The van der Waals surface area contributed by atoms with Gasteiger partial charge in [-0.2, -0.15) is 0 Å². The number of benzene rings is 1. The van der Waals surface area contributed by atoms with Crippen LogP contribution in [0.15, 0.2) is 47.7 Å². The van der Waals surface area contributed by atoms with Gasteiger partial charge in [-0.1, -0.05) is 29.3 Å². The van der Waals surface area contributed by atoms with E-state index in [1.807, 2.05) is 24.1 Å². The summed E-state index contributed by atoms with van der Waals surface area (Å²) in [7, 11) is 3.63. The summed E-state index contributed by atoms with van der Waals surface area (Å²) in [4.78, 5) is 22.1. The van der Waals surface area contributed by atoms with Crippen molar-refractivity contribution in [3.05, 3.63) is 63.9 Å². The molecular formula is C18H22Cl2IN5O. The van der Waals surface area contributed by atoms with E-state index in [9.17, 15) is 4.79 Å². The predicted octanol–water partition coefficient (Wildman–Crippen LogP) is 3.44. The summed E-state index contributed by atoms with van der Waals surface area (Å²) >= 11 is 12.0. The van der Waals surface area contributed by atoms with Crippen molar-refractivity contribution in [3.63, 3.8) is 0 Å². The van der Waals surface area contributed by atoms with Crippen LogP contribution in [-0.2, 0) is 6.54 Å². The molecule has 1 amide bonds. The van der Waals surface area contributed by atoms with Crippen LogP contribution in [-0.4, -0.2) is 48.9 Å². The molecule has 0 aliphatic rings. The molecule has 2 aromatic rings. The van der Waals surface area contributed by atoms with Crippen LogP contribution >= 0.6 is 47.2 Å². The van der Waals surface area contributed by atoms with Gasteiger partial charge in [-0.25, -0.2) is 0 Å². The summed E-state index contributed by atoms with van der Waals surface area (Å²) in [6, 6.07) is 8.98. The van der Waals surface area contributed by atoms with E-state index >= 15 is 0 Å². The molecule has 0 aliphatic carbocycles. The minimum Gasteiger partial charge on any atom is -0.354 e. The van der Waals surface area contributed by atoms with Crippen LogP contribution in [0.5, 0.6) is 0 Å². The Kier molecular flexibility index (Phi) is 10.4. The summed E-state index contributed by atoms with van der Waals surface area (Å²) in [5, 5.41) is 7.10. The fourth-order valence-corrected chi connectivity index (χ4v) is 2.64. The maximum absolute atomic E-state index is 12.0. The molecule has 0 aliphatic heterocycles. The van der Waals surface area contributed by atoms with Gasteiger partial charge in [-0.15, -0.1) is 24.0 Å². The van der Waals surface area contributed by atoms with Crippen LogP contribution in [0.4, 0.5) is 0 Å². The number of rotatable bonds is 6. The molecule has 0 fully saturated rings. The molecule has 2 N–H and O–H groups in total. The summed E-state index contributed by atoms with van der Waals surface area (Å²) < 4.78 is 0. The second-order valence-electron chi connectivity index (χ2n) is 5.58. The molecule has 0 atom stereocenters. The first-order chi connectivity index (χ1) is 12.5. The van der Waals surface area contributed by atoms with Crippen molar-refractivity contribution in [3.8, 4) is 0 Å². The van der Waals surface area contributed by atoms with Gasteiger partial charge in [0.05, 0.1) is 15.6 Å². The quantitative estimate of drug-likeness (QED) is 0.264. The third-order valence-electron chi connectivity index (χ3n) is 3.59. The van der Waals surface area contributed by atoms with Gasteiger partial charge in [0.2, 0.25) is 0 Å². The van der Waals surface area contributed by atoms with Gasteiger partial charge in [-0.05, 0) is 29.8 Å². The molecule has 146 valence electrons. The minimum atomic E-state index is -0.154. The number of pyridine rings is 1. The number of guanidine groups is 1. The van der Waals surface area contributed by atoms with Gasteiger partial charge < -0.3 is 15.5 Å². The van der Waals surface area contributed by atoms with Crippen molar-refractivity contribution in [2.45, 2.75) is 6.54 Å². The zero-order valence-corrected chi connectivity index (χ0v) is 18.9. The van der Waals surface area contributed by atoms with Gasteiger partial charge in [0.1, 0.15) is 0 Å². The third-order valence-corrected chi connectivity index (χ3v) is 4.33. The third kappa shape index (κ3) is 7.51. The van der Waals surface area contributed by atoms with Crippen LogP contribution in [0.2, 0.25) is 10.0 Å². The average molecular weight is 522 g/mol. The number of aliphatic imine (C=N–C) groups is 1. The van der Waals surface area contributed by atoms with Crippen LogP contribution < -0.4 is 10.6 Å². The molecule has 0 saturated heterocycles. The lowest BCUT2D eigenvalue weighted by molar-refractivity contribution is 0.0954. The zero-order valence-electron chi connectivity index (χ0n) is 15.1. The molecule has 0 saturated carbocycles. The number of hydrogen-bond donors (Lipinski definition) is 2. The van der Waals surface area contributed by atoms with Crippen molar-refractivity contribution < 1.29 is 4.79 Å². The second-order valence-corrected chi connectivity index (χ2v) is 6.39. The van der Waals surface area contributed by atoms with E-state index in [4.69, 9.17) is 23.2 Å². The van der Waals surface area contributed by atoms with Crippen molar-refractivity contribution in [1.29, 1.82) is 0 Å². The molecule has 1 heterocycles. The Bertz CT molecular complexity index is 774. The fourth-order valence-electron chi connectivity index (χ4n) is 2.32. The first-order valence-corrected chi connectivity index (χ1v) is 8.80. The van der Waals surface area contributed by atoms with Crippen molar-refractivity contribution in [1.82, 2.24) is 20.5 Å². The highest BCUT2D eigenvalue weighted by Gasteiger charge is 2.08. The monoisotopic (exact) mass is 521 g/mol. The number of halogens is 3. The maximum atomic E-state index is 12.0. The molecule has 0 radical (unpaired) electrons. The summed E-state index contributed by atoms with van der Waals surface area (Å²) in [5.41, 5.74) is 1.56. The van der Waals surface area contributed by atoms with E-state index < -0.39 is 0 Å². The molecular weight excluding hydrogens is 500 g/mol. The zero-order chi connectivity index (χ0) is 18.9. The Morgan fingerprint density at radius 3 is 2.56 bits per heavy atom. The van der Waals surface area contributed by atoms with Crippen LogP contribution in [0.25, 0.3) is 0 Å². The van der Waals surface area contributed by atoms with Crippen LogP contribution in [0, 0.1) is 0 Å². The highest BCUT2D eigenvalue weighted by Crippen LogP contribution is 2.23. The lowest BCUT2D eigenvalue weighted by atomic mass is 10.2. The van der Waals surface area contributed by atoms with Crippen LogP contribution in [0.1, 0.15) is 15.9 Å². The topological polar surface area (TPSA) is 69.6 Å². The standard InChI is InChI=1S/C18H21Cl2N5O.HI/c1-21-18(25(2)12-13-5-6-15(19)16(20)10-13)24-9-8-23-17(26)14-4-3-7-22-11-14;/h3-7,10-11H,8-9,12H2,1-2H3,(H,21,24)(H,23,26);1H.